The highest BCUT2D eigenvalue weighted by Crippen LogP contribution is 2.33. The van der Waals surface area contributed by atoms with E-state index in [4.69, 9.17) is 0 Å². The topological polar surface area (TPSA) is 23.5 Å². The van der Waals surface area contributed by atoms with Crippen molar-refractivity contribution in [3.63, 3.8) is 0 Å². The largest absolute Gasteiger partial charge is 0.392 e. The number of nitrogens with zero attached hydrogens (tertiary/aromatic N) is 1. The van der Waals surface area contributed by atoms with Crippen LogP contribution in [-0.2, 0) is 0 Å². The second-order valence-corrected chi connectivity index (χ2v) is 6.67. The van der Waals surface area contributed by atoms with Crippen LogP contribution in [0.2, 0.25) is 0 Å². The first-order valence-corrected chi connectivity index (χ1v) is 7.25. The van der Waals surface area contributed by atoms with Crippen LogP contribution in [0.15, 0.2) is 35.5 Å². The van der Waals surface area contributed by atoms with Gasteiger partial charge in [0.1, 0.15) is 0 Å². The maximum atomic E-state index is 9.58. The number of aliphatic hydroxyl groups excluding tert-OH is 1. The summed E-state index contributed by atoms with van der Waals surface area (Å²) < 4.78 is 2.30. The molecular formula is C15H24NOP. The first-order chi connectivity index (χ1) is 8.52. The standard InChI is InChI=1S/C15H24NOP/c1-15(2)7-3-13(11-17)14(4-8-15)12-5-9-16(18)10-6-12/h3-4,7-8,12,17H,5-6,9-11,18H2,1-2H3. The Morgan fingerprint density at radius 1 is 1.28 bits per heavy atom. The van der Waals surface area contributed by atoms with Crippen LogP contribution in [0.5, 0.6) is 0 Å². The quantitative estimate of drug-likeness (QED) is 0.776. The lowest BCUT2D eigenvalue weighted by molar-refractivity contribution is 0.311. The summed E-state index contributed by atoms with van der Waals surface area (Å²) >= 11 is 0. The summed E-state index contributed by atoms with van der Waals surface area (Å²) in [6.07, 6.45) is 11.2. The maximum absolute atomic E-state index is 9.58. The van der Waals surface area contributed by atoms with Crippen LogP contribution in [0.25, 0.3) is 0 Å². The second-order valence-electron chi connectivity index (χ2n) is 5.94. The first-order valence-electron chi connectivity index (χ1n) is 6.74. The smallest absolute Gasteiger partial charge is 0.0684 e. The predicted molar refractivity (Wildman–Crippen MR) is 80.2 cm³/mol. The minimum Gasteiger partial charge on any atom is -0.392 e. The van der Waals surface area contributed by atoms with Crippen LogP contribution in [-0.4, -0.2) is 29.5 Å². The number of allylic oxidation sites excluding steroid dienone is 4. The molecule has 0 spiro atoms. The van der Waals surface area contributed by atoms with Gasteiger partial charge in [0.25, 0.3) is 0 Å². The molecule has 3 heteroatoms. The summed E-state index contributed by atoms with van der Waals surface area (Å²) in [6, 6.07) is 0. The van der Waals surface area contributed by atoms with Crippen molar-refractivity contribution in [3.8, 4) is 0 Å². The van der Waals surface area contributed by atoms with Gasteiger partial charge in [0, 0.05) is 18.5 Å². The molecule has 0 saturated carbocycles. The first kappa shape index (κ1) is 14.0. The van der Waals surface area contributed by atoms with E-state index in [0.29, 0.717) is 5.92 Å². The van der Waals surface area contributed by atoms with E-state index in [-0.39, 0.29) is 12.0 Å². The number of aliphatic hydroxyl groups is 1. The minimum absolute atomic E-state index is 0.0868. The van der Waals surface area contributed by atoms with Crippen LogP contribution >= 0.6 is 9.39 Å². The molecule has 2 nitrogen and oxygen atoms in total. The third-order valence-electron chi connectivity index (χ3n) is 3.92. The van der Waals surface area contributed by atoms with Gasteiger partial charge in [-0.2, -0.15) is 0 Å². The Balaban J connectivity index is 2.23. The Morgan fingerprint density at radius 2 is 1.89 bits per heavy atom. The van der Waals surface area contributed by atoms with Gasteiger partial charge in [-0.05, 0) is 29.9 Å². The molecule has 1 N–H and O–H groups in total. The zero-order chi connectivity index (χ0) is 13.2. The molecule has 0 aromatic heterocycles. The summed E-state index contributed by atoms with van der Waals surface area (Å²) in [5, 5.41) is 9.58. The van der Waals surface area contributed by atoms with E-state index in [1.54, 1.807) is 0 Å². The van der Waals surface area contributed by atoms with Crippen molar-refractivity contribution in [2.24, 2.45) is 11.3 Å². The lowest BCUT2D eigenvalue weighted by Gasteiger charge is -2.30. The Kier molecular flexibility index (Phi) is 4.42. The molecule has 1 saturated heterocycles. The molecule has 100 valence electrons. The van der Waals surface area contributed by atoms with Crippen LogP contribution in [0, 0.1) is 11.3 Å². The van der Waals surface area contributed by atoms with E-state index in [1.807, 2.05) is 0 Å². The molecule has 1 atom stereocenters. The van der Waals surface area contributed by atoms with E-state index >= 15 is 0 Å². The van der Waals surface area contributed by atoms with Gasteiger partial charge in [-0.15, -0.1) is 0 Å². The van der Waals surface area contributed by atoms with Crippen LogP contribution in [0.1, 0.15) is 26.7 Å². The van der Waals surface area contributed by atoms with Gasteiger partial charge in [-0.1, -0.05) is 47.5 Å². The van der Waals surface area contributed by atoms with Crippen molar-refractivity contribution >= 4 is 9.39 Å². The van der Waals surface area contributed by atoms with E-state index in [0.717, 1.165) is 18.7 Å². The normalized spacial score (nSPS) is 25.6. The van der Waals surface area contributed by atoms with Gasteiger partial charge >= 0.3 is 0 Å². The van der Waals surface area contributed by atoms with Crippen molar-refractivity contribution in [3.05, 3.63) is 35.5 Å². The van der Waals surface area contributed by atoms with Crippen LogP contribution < -0.4 is 0 Å². The molecule has 1 unspecified atom stereocenters. The molecule has 0 aromatic carbocycles. The molecule has 0 radical (unpaired) electrons. The third kappa shape index (κ3) is 3.32. The number of piperidine rings is 1. The van der Waals surface area contributed by atoms with Gasteiger partial charge in [0.15, 0.2) is 0 Å². The second kappa shape index (κ2) is 5.69. The van der Waals surface area contributed by atoms with Gasteiger partial charge in [0.05, 0.1) is 6.61 Å². The summed E-state index contributed by atoms with van der Waals surface area (Å²) in [6.45, 7) is 6.79. The van der Waals surface area contributed by atoms with E-state index in [2.05, 4.69) is 52.2 Å². The van der Waals surface area contributed by atoms with Crippen molar-refractivity contribution in [2.45, 2.75) is 26.7 Å². The van der Waals surface area contributed by atoms with Crippen molar-refractivity contribution in [2.75, 3.05) is 19.7 Å². The fourth-order valence-corrected chi connectivity index (χ4v) is 2.93. The fraction of sp³-hybridized carbons (Fsp3) is 0.600. The maximum Gasteiger partial charge on any atom is 0.0684 e. The zero-order valence-corrected chi connectivity index (χ0v) is 12.5. The summed E-state index contributed by atoms with van der Waals surface area (Å²) in [5.41, 5.74) is 2.53. The number of rotatable bonds is 2. The van der Waals surface area contributed by atoms with Gasteiger partial charge in [-0.25, -0.2) is 0 Å². The Morgan fingerprint density at radius 3 is 2.50 bits per heavy atom. The van der Waals surface area contributed by atoms with E-state index in [1.165, 1.54) is 18.4 Å². The lowest BCUT2D eigenvalue weighted by atomic mass is 9.86. The molecular weight excluding hydrogens is 241 g/mol. The summed E-state index contributed by atoms with van der Waals surface area (Å²) in [5.74, 6) is 0.596. The monoisotopic (exact) mass is 265 g/mol. The SMILES string of the molecule is CC1(C)C=CC(CO)=C(C2CCN(P)CC2)C=C1. The van der Waals surface area contributed by atoms with Crippen molar-refractivity contribution < 1.29 is 5.11 Å². The molecule has 0 aromatic rings. The molecule has 0 bridgehead atoms. The summed E-state index contributed by atoms with van der Waals surface area (Å²) in [4.78, 5) is 0. The highest BCUT2D eigenvalue weighted by molar-refractivity contribution is 7.13. The van der Waals surface area contributed by atoms with Crippen LogP contribution in [0.4, 0.5) is 0 Å². The Labute approximate surface area is 113 Å². The highest BCUT2D eigenvalue weighted by atomic mass is 31.0. The molecule has 1 fully saturated rings. The van der Waals surface area contributed by atoms with Gasteiger partial charge < -0.3 is 5.11 Å². The third-order valence-corrected chi connectivity index (χ3v) is 4.43. The molecule has 1 aliphatic carbocycles. The fourth-order valence-electron chi connectivity index (χ4n) is 2.63. The molecule has 1 heterocycles. The average molecular weight is 265 g/mol. The number of hydrogen-bond donors (Lipinski definition) is 1. The zero-order valence-electron chi connectivity index (χ0n) is 11.4. The minimum atomic E-state index is 0.0868. The van der Waals surface area contributed by atoms with Crippen molar-refractivity contribution in [1.82, 2.24) is 4.67 Å². The molecule has 0 amide bonds. The molecule has 1 aliphatic heterocycles. The summed E-state index contributed by atoms with van der Waals surface area (Å²) in [7, 11) is 2.79. The van der Waals surface area contributed by atoms with Gasteiger partial charge in [-0.3, -0.25) is 4.67 Å². The van der Waals surface area contributed by atoms with Crippen LogP contribution in [0.3, 0.4) is 0 Å². The van der Waals surface area contributed by atoms with Crippen molar-refractivity contribution in [1.29, 1.82) is 0 Å². The molecule has 18 heavy (non-hydrogen) atoms. The Bertz CT molecular complexity index is 387. The number of hydrogen-bond acceptors (Lipinski definition) is 2. The molecule has 2 rings (SSSR count). The average Bonchev–Trinajstić information content (AvgIpc) is 2.49. The predicted octanol–water partition coefficient (Wildman–Crippen LogP) is 2.93. The Hall–Kier alpha value is -0.430. The lowest BCUT2D eigenvalue weighted by Crippen LogP contribution is -2.27. The molecule has 2 aliphatic rings. The highest BCUT2D eigenvalue weighted by Gasteiger charge is 2.23. The van der Waals surface area contributed by atoms with E-state index in [9.17, 15) is 5.11 Å². The van der Waals surface area contributed by atoms with Gasteiger partial charge in [0.2, 0.25) is 0 Å². The van der Waals surface area contributed by atoms with E-state index < -0.39 is 0 Å².